The number of rotatable bonds is 10. The molecule has 2 atom stereocenters. The maximum Gasteiger partial charge on any atom is 0.337 e. The normalized spacial score (nSPS) is 16.4. The maximum absolute atomic E-state index is 12.0. The van der Waals surface area contributed by atoms with E-state index in [1.54, 1.807) is 4.57 Å². The smallest absolute Gasteiger partial charge is 0.337 e. The topological polar surface area (TPSA) is 167 Å². The monoisotopic (exact) mass is 408 g/mol. The zero-order valence-electron chi connectivity index (χ0n) is 14.3. The number of aromatic amines is 2. The number of unbranched alkanes of at least 4 members (excludes halogenated alkanes) is 2. The summed E-state index contributed by atoms with van der Waals surface area (Å²) >= 11 is 0. The number of aromatic nitrogens is 4. The second-order valence-electron chi connectivity index (χ2n) is 5.87. The van der Waals surface area contributed by atoms with Crippen LogP contribution in [0.25, 0.3) is 11.2 Å². The number of fused-ring (bicyclic) bond motifs is 1. The van der Waals surface area contributed by atoms with E-state index in [1.807, 2.05) is 0 Å². The van der Waals surface area contributed by atoms with Gasteiger partial charge in [-0.3, -0.25) is 23.9 Å². The predicted molar refractivity (Wildman–Crippen MR) is 95.8 cm³/mol. The molecule has 2 rings (SSSR count). The second kappa shape index (κ2) is 8.45. The number of aryl methyl sites for hydroxylation is 1. The fourth-order valence-corrected chi connectivity index (χ4v) is 6.81. The van der Waals surface area contributed by atoms with Crippen LogP contribution in [0.4, 0.5) is 0 Å². The minimum atomic E-state index is -4.04. The van der Waals surface area contributed by atoms with E-state index in [2.05, 4.69) is 19.5 Å². The van der Waals surface area contributed by atoms with Crippen molar-refractivity contribution in [1.82, 2.24) is 19.5 Å². The molecule has 2 unspecified atom stereocenters. The molecule has 11 nitrogen and oxygen atoms in total. The third kappa shape index (κ3) is 5.75. The van der Waals surface area contributed by atoms with E-state index in [4.69, 9.17) is 0 Å². The Kier molecular flexibility index (Phi) is 6.76. The molecule has 0 spiro atoms. The molecule has 0 aliphatic carbocycles. The third-order valence-corrected chi connectivity index (χ3v) is 8.52. The maximum atomic E-state index is 12.0. The fraction of sp³-hybridized carbons (Fsp3) is 0.615. The van der Waals surface area contributed by atoms with E-state index in [1.165, 1.54) is 13.3 Å². The van der Waals surface area contributed by atoms with Crippen LogP contribution in [0.15, 0.2) is 15.9 Å². The second-order valence-corrected chi connectivity index (χ2v) is 10.7. The standard InChI is InChI=1S/C13H22N4O7P2/c1-2-24-26(22,23)9-25(20,21)7-5-3-4-6-17-8-14-10-11(17)15-13(19)16-12(10)18/h8H,2-7,9H2,1H3,(H,20,21)(H,22,23)(H2,15,16,18,19). The molecule has 26 heavy (non-hydrogen) atoms. The van der Waals surface area contributed by atoms with Gasteiger partial charge in [0.1, 0.15) is 11.6 Å². The van der Waals surface area contributed by atoms with Gasteiger partial charge in [-0.1, -0.05) is 6.42 Å². The molecule has 146 valence electrons. The Morgan fingerprint density at radius 1 is 1.19 bits per heavy atom. The molecular weight excluding hydrogens is 386 g/mol. The molecule has 0 aromatic carbocycles. The first-order valence-corrected chi connectivity index (χ1v) is 11.9. The van der Waals surface area contributed by atoms with Gasteiger partial charge in [0.2, 0.25) is 7.37 Å². The largest absolute Gasteiger partial charge is 0.344 e. The average Bonchev–Trinajstić information content (AvgIpc) is 2.88. The van der Waals surface area contributed by atoms with Crippen molar-refractivity contribution in [2.45, 2.75) is 32.7 Å². The average molecular weight is 408 g/mol. The molecular formula is C13H22N4O7P2. The van der Waals surface area contributed by atoms with Crippen molar-refractivity contribution in [3.05, 3.63) is 27.2 Å². The molecule has 0 fully saturated rings. The lowest BCUT2D eigenvalue weighted by atomic mass is 10.2. The first-order valence-electron chi connectivity index (χ1n) is 8.08. The molecule has 13 heteroatoms. The molecule has 4 N–H and O–H groups in total. The van der Waals surface area contributed by atoms with Gasteiger partial charge in [-0.05, 0) is 19.8 Å². The van der Waals surface area contributed by atoms with E-state index in [9.17, 15) is 28.5 Å². The molecule has 0 aliphatic rings. The summed E-state index contributed by atoms with van der Waals surface area (Å²) in [6, 6.07) is 0. The Labute approximate surface area is 148 Å². The zero-order chi connectivity index (χ0) is 19.4. The molecule has 0 radical (unpaired) electrons. The molecule has 0 amide bonds. The van der Waals surface area contributed by atoms with E-state index < -0.39 is 32.1 Å². The molecule has 0 bridgehead atoms. The number of nitrogens with one attached hydrogen (secondary N) is 2. The lowest BCUT2D eigenvalue weighted by Gasteiger charge is -2.15. The van der Waals surface area contributed by atoms with Gasteiger partial charge in [0, 0.05) is 12.7 Å². The Bertz CT molecular complexity index is 963. The van der Waals surface area contributed by atoms with Crippen molar-refractivity contribution >= 4 is 26.1 Å². The molecule has 0 saturated heterocycles. The number of hydrogen-bond donors (Lipinski definition) is 4. The lowest BCUT2D eigenvalue weighted by Crippen LogP contribution is -2.22. The summed E-state index contributed by atoms with van der Waals surface area (Å²) in [5.41, 5.74) is -0.719. The SMILES string of the molecule is CCOP(=O)(O)CP(=O)(O)CCCCCn1cnc2c(=O)[nH]c(=O)[nH]c21. The number of H-pyrrole nitrogens is 2. The highest BCUT2D eigenvalue weighted by Crippen LogP contribution is 2.57. The molecule has 2 aromatic heterocycles. The van der Waals surface area contributed by atoms with Crippen molar-refractivity contribution in [1.29, 1.82) is 0 Å². The summed E-state index contributed by atoms with van der Waals surface area (Å²) in [6.45, 7) is 1.99. The number of nitrogens with zero attached hydrogens (tertiary/aromatic N) is 2. The van der Waals surface area contributed by atoms with Gasteiger partial charge in [-0.25, -0.2) is 9.78 Å². The molecule has 0 saturated carbocycles. The Hall–Kier alpha value is -1.51. The Balaban J connectivity index is 1.84. The highest BCUT2D eigenvalue weighted by atomic mass is 31.2. The quantitative estimate of drug-likeness (QED) is 0.334. The van der Waals surface area contributed by atoms with Crippen molar-refractivity contribution in [2.24, 2.45) is 0 Å². The summed E-state index contributed by atoms with van der Waals surface area (Å²) in [4.78, 5) is 50.8. The van der Waals surface area contributed by atoms with Crippen LogP contribution in [0.2, 0.25) is 0 Å². The van der Waals surface area contributed by atoms with Crippen LogP contribution in [0.5, 0.6) is 0 Å². The van der Waals surface area contributed by atoms with Gasteiger partial charge < -0.3 is 18.9 Å². The fourth-order valence-electron chi connectivity index (χ4n) is 2.56. The van der Waals surface area contributed by atoms with Crippen LogP contribution in [0.1, 0.15) is 26.2 Å². The number of imidazole rings is 1. The van der Waals surface area contributed by atoms with Gasteiger partial charge in [0.05, 0.1) is 12.9 Å². The summed E-state index contributed by atoms with van der Waals surface area (Å²) in [5, 5.41) is 0. The van der Waals surface area contributed by atoms with E-state index in [0.29, 0.717) is 31.5 Å². The van der Waals surface area contributed by atoms with Gasteiger partial charge in [0.15, 0.2) is 5.52 Å². The van der Waals surface area contributed by atoms with Gasteiger partial charge >= 0.3 is 13.3 Å². The highest BCUT2D eigenvalue weighted by molar-refractivity contribution is 7.73. The Morgan fingerprint density at radius 3 is 2.62 bits per heavy atom. The molecule has 2 heterocycles. The van der Waals surface area contributed by atoms with Gasteiger partial charge in [0.25, 0.3) is 5.56 Å². The van der Waals surface area contributed by atoms with Crippen molar-refractivity contribution in [3.63, 3.8) is 0 Å². The van der Waals surface area contributed by atoms with Crippen LogP contribution in [0.3, 0.4) is 0 Å². The third-order valence-electron chi connectivity index (χ3n) is 3.65. The summed E-state index contributed by atoms with van der Waals surface area (Å²) in [6.07, 6.45) is 2.96. The van der Waals surface area contributed by atoms with Crippen molar-refractivity contribution in [2.75, 3.05) is 18.7 Å². The minimum absolute atomic E-state index is 0.00241. The van der Waals surface area contributed by atoms with Crippen LogP contribution in [0, 0.1) is 0 Å². The zero-order valence-corrected chi connectivity index (χ0v) is 16.0. The molecule has 2 aromatic rings. The van der Waals surface area contributed by atoms with E-state index in [0.717, 1.165) is 0 Å². The van der Waals surface area contributed by atoms with E-state index in [-0.39, 0.29) is 18.3 Å². The van der Waals surface area contributed by atoms with Crippen LogP contribution < -0.4 is 11.2 Å². The van der Waals surface area contributed by atoms with Crippen molar-refractivity contribution in [3.8, 4) is 0 Å². The Morgan fingerprint density at radius 2 is 1.92 bits per heavy atom. The van der Waals surface area contributed by atoms with Crippen molar-refractivity contribution < 1.29 is 23.4 Å². The number of hydrogen-bond acceptors (Lipinski definition) is 6. The van der Waals surface area contributed by atoms with Crippen LogP contribution in [-0.2, 0) is 20.2 Å². The summed E-state index contributed by atoms with van der Waals surface area (Å²) in [7, 11) is -7.78. The van der Waals surface area contributed by atoms with E-state index >= 15 is 0 Å². The van der Waals surface area contributed by atoms with Crippen LogP contribution >= 0.6 is 15.0 Å². The van der Waals surface area contributed by atoms with Gasteiger partial charge in [-0.15, -0.1) is 0 Å². The molecule has 0 aliphatic heterocycles. The lowest BCUT2D eigenvalue weighted by molar-refractivity contribution is 0.276. The minimum Gasteiger partial charge on any atom is -0.344 e. The summed E-state index contributed by atoms with van der Waals surface area (Å²) < 4.78 is 29.8. The van der Waals surface area contributed by atoms with Gasteiger partial charge in [-0.2, -0.15) is 0 Å². The van der Waals surface area contributed by atoms with Crippen LogP contribution in [-0.4, -0.2) is 48.0 Å². The highest BCUT2D eigenvalue weighted by Gasteiger charge is 2.31. The predicted octanol–water partition coefficient (Wildman–Crippen LogP) is 1.03. The summed E-state index contributed by atoms with van der Waals surface area (Å²) in [5.74, 6) is -0.746. The first-order chi connectivity index (χ1) is 12.1. The first kappa shape index (κ1) is 20.8.